The van der Waals surface area contributed by atoms with E-state index in [-0.39, 0.29) is 11.9 Å². The molecule has 0 unspecified atom stereocenters. The Bertz CT molecular complexity index is 921. The van der Waals surface area contributed by atoms with Crippen molar-refractivity contribution in [2.45, 2.75) is 18.9 Å². The minimum absolute atomic E-state index is 0.00746. The van der Waals surface area contributed by atoms with Crippen molar-refractivity contribution in [2.24, 2.45) is 0 Å². The molecule has 26 heavy (non-hydrogen) atoms. The zero-order valence-corrected chi connectivity index (χ0v) is 15.1. The van der Waals surface area contributed by atoms with Gasteiger partial charge in [-0.1, -0.05) is 29.8 Å². The van der Waals surface area contributed by atoms with Crippen molar-refractivity contribution in [3.8, 4) is 0 Å². The van der Waals surface area contributed by atoms with E-state index in [9.17, 15) is 4.79 Å². The molecule has 1 aliphatic heterocycles. The van der Waals surface area contributed by atoms with Gasteiger partial charge in [0.05, 0.1) is 5.52 Å². The average molecular weight is 366 g/mol. The first-order valence-electron chi connectivity index (χ1n) is 8.86. The van der Waals surface area contributed by atoms with E-state index in [1.165, 1.54) is 5.69 Å². The van der Waals surface area contributed by atoms with Gasteiger partial charge in [-0.05, 0) is 49.2 Å². The molecule has 1 fully saturated rings. The first-order valence-corrected chi connectivity index (χ1v) is 9.23. The van der Waals surface area contributed by atoms with Crippen LogP contribution >= 0.6 is 11.6 Å². The highest BCUT2D eigenvalue weighted by atomic mass is 35.5. The number of piperidine rings is 1. The molecule has 0 bridgehead atoms. The van der Waals surface area contributed by atoms with Gasteiger partial charge in [0.25, 0.3) is 5.91 Å². The number of pyridine rings is 1. The monoisotopic (exact) mass is 365 g/mol. The van der Waals surface area contributed by atoms with Crippen LogP contribution in [-0.4, -0.2) is 30.0 Å². The summed E-state index contributed by atoms with van der Waals surface area (Å²) >= 11 is 6.08. The summed E-state index contributed by atoms with van der Waals surface area (Å²) in [5, 5.41) is 4.97. The first-order chi connectivity index (χ1) is 12.7. The standard InChI is InChI=1S/C21H20ClN3O/c22-16-6-7-18-19(14-16)23-11-8-20(18)25-12-9-17(10-13-25)24-21(26)15-4-2-1-3-5-15/h1-8,11,14,17H,9-10,12-13H2,(H,24,26). The lowest BCUT2D eigenvalue weighted by molar-refractivity contribution is 0.0931. The van der Waals surface area contributed by atoms with Crippen LogP contribution in [0.1, 0.15) is 23.2 Å². The molecule has 1 amide bonds. The van der Waals surface area contributed by atoms with Gasteiger partial charge in [-0.3, -0.25) is 9.78 Å². The second kappa shape index (κ2) is 7.34. The lowest BCUT2D eigenvalue weighted by Crippen LogP contribution is -2.44. The van der Waals surface area contributed by atoms with Crippen LogP contribution in [0.25, 0.3) is 10.9 Å². The number of anilines is 1. The number of halogens is 1. The van der Waals surface area contributed by atoms with Crippen molar-refractivity contribution in [3.05, 3.63) is 71.4 Å². The van der Waals surface area contributed by atoms with E-state index in [1.807, 2.05) is 54.7 Å². The molecular formula is C21H20ClN3O. The molecule has 0 spiro atoms. The highest BCUT2D eigenvalue weighted by Crippen LogP contribution is 2.29. The van der Waals surface area contributed by atoms with E-state index in [1.54, 1.807) is 0 Å². The second-order valence-electron chi connectivity index (χ2n) is 6.59. The van der Waals surface area contributed by atoms with Crippen LogP contribution in [0.4, 0.5) is 5.69 Å². The molecule has 1 N–H and O–H groups in total. The Labute approximate surface area is 157 Å². The number of amides is 1. The predicted octanol–water partition coefficient (Wildman–Crippen LogP) is 4.29. The summed E-state index contributed by atoms with van der Waals surface area (Å²) in [5.41, 5.74) is 2.81. The summed E-state index contributed by atoms with van der Waals surface area (Å²) < 4.78 is 0. The van der Waals surface area contributed by atoms with Crippen LogP contribution < -0.4 is 10.2 Å². The first kappa shape index (κ1) is 16.9. The number of hydrogen-bond acceptors (Lipinski definition) is 3. The number of hydrogen-bond donors (Lipinski definition) is 1. The number of carbonyl (C=O) groups excluding carboxylic acids is 1. The molecule has 1 aliphatic rings. The van der Waals surface area contributed by atoms with Gasteiger partial charge in [-0.15, -0.1) is 0 Å². The van der Waals surface area contributed by atoms with Crippen molar-refractivity contribution in [1.82, 2.24) is 10.3 Å². The third-order valence-corrected chi connectivity index (χ3v) is 5.12. The van der Waals surface area contributed by atoms with Crippen LogP contribution in [0.5, 0.6) is 0 Å². The van der Waals surface area contributed by atoms with Gasteiger partial charge < -0.3 is 10.2 Å². The molecule has 0 atom stereocenters. The molecule has 0 aliphatic carbocycles. The van der Waals surface area contributed by atoms with E-state index in [4.69, 9.17) is 11.6 Å². The number of benzene rings is 2. The Kier molecular flexibility index (Phi) is 4.76. The fraction of sp³-hybridized carbons (Fsp3) is 0.238. The highest BCUT2D eigenvalue weighted by molar-refractivity contribution is 6.31. The quantitative estimate of drug-likeness (QED) is 0.753. The minimum Gasteiger partial charge on any atom is -0.371 e. The van der Waals surface area contributed by atoms with E-state index >= 15 is 0 Å². The molecule has 1 saturated heterocycles. The molecule has 2 aromatic carbocycles. The zero-order chi connectivity index (χ0) is 17.9. The van der Waals surface area contributed by atoms with Crippen LogP contribution in [0, 0.1) is 0 Å². The maximum absolute atomic E-state index is 12.3. The molecule has 0 saturated carbocycles. The smallest absolute Gasteiger partial charge is 0.251 e. The van der Waals surface area contributed by atoms with Gasteiger partial charge >= 0.3 is 0 Å². The van der Waals surface area contributed by atoms with Gasteiger partial charge in [-0.25, -0.2) is 0 Å². The molecule has 0 radical (unpaired) electrons. The Hall–Kier alpha value is -2.59. The maximum Gasteiger partial charge on any atom is 0.251 e. The highest BCUT2D eigenvalue weighted by Gasteiger charge is 2.22. The third-order valence-electron chi connectivity index (χ3n) is 4.89. The lowest BCUT2D eigenvalue weighted by atomic mass is 10.0. The predicted molar refractivity (Wildman–Crippen MR) is 106 cm³/mol. The van der Waals surface area contributed by atoms with Gasteiger partial charge in [0.1, 0.15) is 0 Å². The molecular weight excluding hydrogens is 346 g/mol. The number of fused-ring (bicyclic) bond motifs is 1. The zero-order valence-electron chi connectivity index (χ0n) is 14.4. The summed E-state index contributed by atoms with van der Waals surface area (Å²) in [4.78, 5) is 19.1. The summed E-state index contributed by atoms with van der Waals surface area (Å²) in [6.07, 6.45) is 3.68. The van der Waals surface area contributed by atoms with E-state index in [0.29, 0.717) is 10.6 Å². The van der Waals surface area contributed by atoms with Crippen molar-refractivity contribution in [1.29, 1.82) is 0 Å². The third kappa shape index (κ3) is 3.51. The van der Waals surface area contributed by atoms with E-state index < -0.39 is 0 Å². The van der Waals surface area contributed by atoms with Crippen LogP contribution in [0.15, 0.2) is 60.8 Å². The van der Waals surface area contributed by atoms with Gasteiger partial charge in [-0.2, -0.15) is 0 Å². The Morgan fingerprint density at radius 2 is 1.85 bits per heavy atom. The van der Waals surface area contributed by atoms with Gasteiger partial charge in [0, 0.05) is 47.0 Å². The average Bonchev–Trinajstić information content (AvgIpc) is 2.68. The number of nitrogens with zero attached hydrogens (tertiary/aromatic N) is 2. The fourth-order valence-electron chi connectivity index (χ4n) is 3.50. The summed E-state index contributed by atoms with van der Waals surface area (Å²) in [7, 11) is 0. The molecule has 132 valence electrons. The van der Waals surface area contributed by atoms with Crippen molar-refractivity contribution >= 4 is 34.1 Å². The SMILES string of the molecule is O=C(NC1CCN(c2ccnc3cc(Cl)ccc23)CC1)c1ccccc1. The molecule has 5 heteroatoms. The second-order valence-corrected chi connectivity index (χ2v) is 7.03. The summed E-state index contributed by atoms with van der Waals surface area (Å²) in [6, 6.07) is 17.5. The van der Waals surface area contributed by atoms with Crippen molar-refractivity contribution in [3.63, 3.8) is 0 Å². The maximum atomic E-state index is 12.3. The number of nitrogens with one attached hydrogen (secondary N) is 1. The number of carbonyl (C=O) groups is 1. The van der Waals surface area contributed by atoms with Crippen LogP contribution in [-0.2, 0) is 0 Å². The molecule has 4 nitrogen and oxygen atoms in total. The van der Waals surface area contributed by atoms with E-state index in [0.717, 1.165) is 36.8 Å². The molecule has 3 aromatic rings. The number of rotatable bonds is 3. The van der Waals surface area contributed by atoms with Gasteiger partial charge in [0.2, 0.25) is 0 Å². The van der Waals surface area contributed by atoms with Crippen molar-refractivity contribution < 1.29 is 4.79 Å². The minimum atomic E-state index is 0.00746. The topological polar surface area (TPSA) is 45.2 Å². The molecule has 4 rings (SSSR count). The van der Waals surface area contributed by atoms with Gasteiger partial charge in [0.15, 0.2) is 0 Å². The Morgan fingerprint density at radius 1 is 1.08 bits per heavy atom. The molecule has 1 aromatic heterocycles. The molecule has 2 heterocycles. The van der Waals surface area contributed by atoms with Crippen LogP contribution in [0.2, 0.25) is 5.02 Å². The lowest BCUT2D eigenvalue weighted by Gasteiger charge is -2.34. The summed E-state index contributed by atoms with van der Waals surface area (Å²) in [5.74, 6) is 0.00746. The largest absolute Gasteiger partial charge is 0.371 e. The van der Waals surface area contributed by atoms with E-state index in [2.05, 4.69) is 21.3 Å². The number of aromatic nitrogens is 1. The fourth-order valence-corrected chi connectivity index (χ4v) is 3.67. The normalized spacial score (nSPS) is 15.2. The Balaban J connectivity index is 1.43. The van der Waals surface area contributed by atoms with Crippen LogP contribution in [0.3, 0.4) is 0 Å². The Morgan fingerprint density at radius 3 is 2.62 bits per heavy atom. The summed E-state index contributed by atoms with van der Waals surface area (Å²) in [6.45, 7) is 1.81. The van der Waals surface area contributed by atoms with Crippen molar-refractivity contribution in [2.75, 3.05) is 18.0 Å².